The van der Waals surface area contributed by atoms with Gasteiger partial charge < -0.3 is 0 Å². The smallest absolute Gasteiger partial charge is 0.257 e. The van der Waals surface area contributed by atoms with Crippen LogP contribution < -0.4 is 0 Å². The predicted octanol–water partition coefficient (Wildman–Crippen LogP) is 2.33. The lowest BCUT2D eigenvalue weighted by atomic mass is 10.4. The molecule has 19 heavy (non-hydrogen) atoms. The van der Waals surface area contributed by atoms with E-state index in [0.717, 1.165) is 11.3 Å². The second-order valence-electron chi connectivity index (χ2n) is 3.81. The first kappa shape index (κ1) is 13.6. The van der Waals surface area contributed by atoms with Crippen LogP contribution in [-0.4, -0.2) is 18.3 Å². The van der Waals surface area contributed by atoms with E-state index in [1.807, 2.05) is 0 Å². The van der Waals surface area contributed by atoms with Crippen LogP contribution in [0.3, 0.4) is 0 Å². The van der Waals surface area contributed by atoms with E-state index < -0.39 is 20.5 Å². The number of rotatable bonds is 4. The van der Waals surface area contributed by atoms with Gasteiger partial charge in [0.1, 0.15) is 11.4 Å². The van der Waals surface area contributed by atoms with Crippen molar-refractivity contribution in [3.05, 3.63) is 51.1 Å². The van der Waals surface area contributed by atoms with E-state index in [9.17, 15) is 18.5 Å². The molecule has 0 saturated heterocycles. The number of benzene rings is 1. The number of hydrogen-bond acceptors (Lipinski definition) is 6. The highest BCUT2D eigenvalue weighted by Crippen LogP contribution is 2.29. The molecule has 1 aromatic carbocycles. The van der Waals surface area contributed by atoms with Gasteiger partial charge in [0, 0.05) is 0 Å². The molecule has 0 bridgehead atoms. The number of sulfone groups is 1. The molecule has 2 rings (SSSR count). The van der Waals surface area contributed by atoms with Crippen molar-refractivity contribution in [3.8, 4) is 0 Å². The van der Waals surface area contributed by atoms with Crippen LogP contribution in [0, 0.1) is 17.0 Å². The number of hydrogen-bond donors (Lipinski definition) is 0. The SMILES string of the molecule is Cc1nc(CS(=O)(=O)c2ccccc2)c([N+](=O)[O-])s1. The Labute approximate surface area is 113 Å². The second-order valence-corrected chi connectivity index (χ2v) is 6.99. The molecular weight excluding hydrogens is 288 g/mol. The molecule has 0 radical (unpaired) electrons. The van der Waals surface area contributed by atoms with Crippen LogP contribution in [-0.2, 0) is 15.6 Å². The molecule has 0 aliphatic carbocycles. The molecule has 1 heterocycles. The zero-order valence-corrected chi connectivity index (χ0v) is 11.6. The normalized spacial score (nSPS) is 11.4. The summed E-state index contributed by atoms with van der Waals surface area (Å²) in [6.07, 6.45) is 0. The molecule has 6 nitrogen and oxygen atoms in total. The number of nitro groups is 1. The average molecular weight is 298 g/mol. The lowest BCUT2D eigenvalue weighted by Gasteiger charge is -2.01. The molecular formula is C11H10N2O4S2. The Morgan fingerprint density at radius 1 is 1.32 bits per heavy atom. The molecule has 0 saturated carbocycles. The van der Waals surface area contributed by atoms with E-state index in [1.165, 1.54) is 12.1 Å². The third kappa shape index (κ3) is 2.96. The van der Waals surface area contributed by atoms with Crippen molar-refractivity contribution in [1.29, 1.82) is 0 Å². The van der Waals surface area contributed by atoms with Gasteiger partial charge in [0.15, 0.2) is 9.84 Å². The highest BCUT2D eigenvalue weighted by atomic mass is 32.2. The maximum atomic E-state index is 12.1. The third-order valence-electron chi connectivity index (χ3n) is 2.38. The molecule has 0 N–H and O–H groups in total. The molecule has 1 aromatic heterocycles. The third-order valence-corrected chi connectivity index (χ3v) is 4.99. The van der Waals surface area contributed by atoms with Gasteiger partial charge in [-0.15, -0.1) is 0 Å². The molecule has 2 aromatic rings. The first-order chi connectivity index (χ1) is 8.90. The molecule has 0 amide bonds. The Hall–Kier alpha value is -1.80. The van der Waals surface area contributed by atoms with Crippen molar-refractivity contribution in [2.24, 2.45) is 0 Å². The van der Waals surface area contributed by atoms with E-state index in [-0.39, 0.29) is 15.6 Å². The number of aryl methyl sites for hydroxylation is 1. The van der Waals surface area contributed by atoms with E-state index in [2.05, 4.69) is 4.98 Å². The van der Waals surface area contributed by atoms with Gasteiger partial charge in [-0.2, -0.15) is 0 Å². The minimum absolute atomic E-state index is 0.00338. The van der Waals surface area contributed by atoms with Crippen LogP contribution in [0.25, 0.3) is 0 Å². The lowest BCUT2D eigenvalue weighted by Crippen LogP contribution is -2.06. The molecule has 0 unspecified atom stereocenters. The zero-order chi connectivity index (χ0) is 14.0. The summed E-state index contributed by atoms with van der Waals surface area (Å²) < 4.78 is 24.3. The fourth-order valence-electron chi connectivity index (χ4n) is 1.59. The molecule has 0 aliphatic rings. The number of nitrogens with zero attached hydrogens (tertiary/aromatic N) is 2. The van der Waals surface area contributed by atoms with Crippen LogP contribution in [0.15, 0.2) is 35.2 Å². The highest BCUT2D eigenvalue weighted by Gasteiger charge is 2.25. The van der Waals surface area contributed by atoms with Gasteiger partial charge in [-0.05, 0) is 30.4 Å². The van der Waals surface area contributed by atoms with Gasteiger partial charge in [-0.25, -0.2) is 13.4 Å². The summed E-state index contributed by atoms with van der Waals surface area (Å²) in [7, 11) is -3.62. The molecule has 100 valence electrons. The predicted molar refractivity (Wildman–Crippen MR) is 70.8 cm³/mol. The maximum Gasteiger partial charge on any atom is 0.348 e. The zero-order valence-electron chi connectivity index (χ0n) is 9.94. The summed E-state index contributed by atoms with van der Waals surface area (Å²) in [6.45, 7) is 1.61. The van der Waals surface area contributed by atoms with Crippen molar-refractivity contribution in [2.45, 2.75) is 17.6 Å². The average Bonchev–Trinajstić information content (AvgIpc) is 2.71. The summed E-state index contributed by atoms with van der Waals surface area (Å²) in [5, 5.41) is 11.1. The number of aromatic nitrogens is 1. The molecule has 0 atom stereocenters. The molecule has 8 heteroatoms. The Morgan fingerprint density at radius 3 is 2.53 bits per heavy atom. The van der Waals surface area contributed by atoms with Gasteiger partial charge >= 0.3 is 5.00 Å². The van der Waals surface area contributed by atoms with E-state index >= 15 is 0 Å². The van der Waals surface area contributed by atoms with Gasteiger partial charge in [0.2, 0.25) is 0 Å². The first-order valence-corrected chi connectivity index (χ1v) is 7.75. The minimum atomic E-state index is -3.62. The summed E-state index contributed by atoms with van der Waals surface area (Å²) >= 11 is 0.884. The summed E-state index contributed by atoms with van der Waals surface area (Å²) in [5.74, 6) is -0.461. The van der Waals surface area contributed by atoms with Gasteiger partial charge in [0.25, 0.3) is 0 Å². The van der Waals surface area contributed by atoms with Gasteiger partial charge in [-0.1, -0.05) is 18.2 Å². The largest absolute Gasteiger partial charge is 0.348 e. The molecule has 0 fully saturated rings. The van der Waals surface area contributed by atoms with Crippen molar-refractivity contribution >= 4 is 26.2 Å². The monoisotopic (exact) mass is 298 g/mol. The second kappa shape index (κ2) is 5.06. The van der Waals surface area contributed by atoms with Crippen molar-refractivity contribution in [2.75, 3.05) is 0 Å². The van der Waals surface area contributed by atoms with E-state index in [4.69, 9.17) is 0 Å². The van der Waals surface area contributed by atoms with E-state index in [0.29, 0.717) is 5.01 Å². The molecule has 0 spiro atoms. The fourth-order valence-corrected chi connectivity index (χ4v) is 3.72. The quantitative estimate of drug-likeness (QED) is 0.638. The first-order valence-electron chi connectivity index (χ1n) is 5.28. The Morgan fingerprint density at radius 2 is 1.95 bits per heavy atom. The Kier molecular flexibility index (Phi) is 3.63. The summed E-state index contributed by atoms with van der Waals surface area (Å²) in [5.41, 5.74) is -0.00338. The van der Waals surface area contributed by atoms with Crippen LogP contribution >= 0.6 is 11.3 Å². The Balaban J connectivity index is 2.39. The number of thiazole rings is 1. The van der Waals surface area contributed by atoms with Crippen LogP contribution in [0.4, 0.5) is 5.00 Å². The Bertz CT molecular complexity index is 708. The highest BCUT2D eigenvalue weighted by molar-refractivity contribution is 7.90. The van der Waals surface area contributed by atoms with Crippen molar-refractivity contribution in [3.63, 3.8) is 0 Å². The van der Waals surface area contributed by atoms with E-state index in [1.54, 1.807) is 25.1 Å². The lowest BCUT2D eigenvalue weighted by molar-refractivity contribution is -0.381. The van der Waals surface area contributed by atoms with Gasteiger partial charge in [-0.3, -0.25) is 10.1 Å². The maximum absolute atomic E-state index is 12.1. The fraction of sp³-hybridized carbons (Fsp3) is 0.182. The van der Waals surface area contributed by atoms with Crippen LogP contribution in [0.1, 0.15) is 10.7 Å². The summed E-state index contributed by atoms with van der Waals surface area (Å²) in [6, 6.07) is 7.83. The van der Waals surface area contributed by atoms with Crippen LogP contribution in [0.2, 0.25) is 0 Å². The molecule has 0 aliphatic heterocycles. The minimum Gasteiger partial charge on any atom is -0.257 e. The van der Waals surface area contributed by atoms with Gasteiger partial charge in [0.05, 0.1) is 14.8 Å². The standard InChI is InChI=1S/C11H10N2O4S2/c1-8-12-10(11(18-8)13(14)15)7-19(16,17)9-5-3-2-4-6-9/h2-6H,7H2,1H3. The topological polar surface area (TPSA) is 90.2 Å². The van der Waals surface area contributed by atoms with Crippen LogP contribution in [0.5, 0.6) is 0 Å². The van der Waals surface area contributed by atoms with Crippen molar-refractivity contribution < 1.29 is 13.3 Å². The summed E-state index contributed by atoms with van der Waals surface area (Å²) in [4.78, 5) is 14.3. The van der Waals surface area contributed by atoms with Crippen molar-refractivity contribution in [1.82, 2.24) is 4.98 Å².